The SMILES string of the molecule is IC(I)(CCc1ccccc1)CCc1ccccc1. The van der Waals surface area contributed by atoms with Gasteiger partial charge in [0, 0.05) is 0 Å². The van der Waals surface area contributed by atoms with Gasteiger partial charge in [0.1, 0.15) is 0 Å². The first-order valence-corrected chi connectivity index (χ1v) is 8.77. The lowest BCUT2D eigenvalue weighted by Gasteiger charge is -2.20. The minimum Gasteiger partial charge on any atom is -0.0672 e. The topological polar surface area (TPSA) is 0 Å². The van der Waals surface area contributed by atoms with E-state index in [2.05, 4.69) is 106 Å². The molecule has 0 spiro atoms. The Balaban J connectivity index is 1.82. The molecule has 100 valence electrons. The van der Waals surface area contributed by atoms with Gasteiger partial charge in [-0.3, -0.25) is 0 Å². The van der Waals surface area contributed by atoms with Crippen molar-refractivity contribution in [1.29, 1.82) is 0 Å². The highest BCUT2D eigenvalue weighted by atomic mass is 127. The Hall–Kier alpha value is -0.1000. The van der Waals surface area contributed by atoms with E-state index < -0.39 is 0 Å². The van der Waals surface area contributed by atoms with Crippen LogP contribution in [0, 0.1) is 0 Å². The van der Waals surface area contributed by atoms with Crippen LogP contribution in [0.1, 0.15) is 24.0 Å². The van der Waals surface area contributed by atoms with Crippen LogP contribution >= 0.6 is 45.2 Å². The number of aryl methyl sites for hydroxylation is 2. The number of hydrogen-bond donors (Lipinski definition) is 0. The summed E-state index contributed by atoms with van der Waals surface area (Å²) in [6, 6.07) is 21.6. The van der Waals surface area contributed by atoms with Gasteiger partial charge < -0.3 is 0 Å². The molecule has 2 heteroatoms. The van der Waals surface area contributed by atoms with Gasteiger partial charge in [0.05, 0.1) is 1.43 Å². The maximum Gasteiger partial charge on any atom is 0.0741 e. The van der Waals surface area contributed by atoms with Gasteiger partial charge in [0.2, 0.25) is 0 Å². The molecule has 0 saturated heterocycles. The van der Waals surface area contributed by atoms with Gasteiger partial charge in [-0.25, -0.2) is 0 Å². The van der Waals surface area contributed by atoms with Gasteiger partial charge in [-0.05, 0) is 36.8 Å². The summed E-state index contributed by atoms with van der Waals surface area (Å²) in [6.45, 7) is 0. The number of alkyl halides is 2. The zero-order valence-electron chi connectivity index (χ0n) is 10.9. The molecule has 0 atom stereocenters. The lowest BCUT2D eigenvalue weighted by atomic mass is 10.0. The fourth-order valence-corrected chi connectivity index (χ4v) is 3.15. The third-order valence-corrected chi connectivity index (χ3v) is 5.40. The quantitative estimate of drug-likeness (QED) is 0.365. The van der Waals surface area contributed by atoms with Crippen LogP contribution < -0.4 is 0 Å². The van der Waals surface area contributed by atoms with E-state index >= 15 is 0 Å². The van der Waals surface area contributed by atoms with E-state index in [0.717, 1.165) is 0 Å². The first-order chi connectivity index (χ1) is 9.16. The highest BCUT2D eigenvalue weighted by Crippen LogP contribution is 2.37. The van der Waals surface area contributed by atoms with Crippen molar-refractivity contribution in [3.05, 3.63) is 71.8 Å². The van der Waals surface area contributed by atoms with Crippen LogP contribution in [-0.2, 0) is 12.8 Å². The van der Waals surface area contributed by atoms with Crippen LogP contribution in [0.25, 0.3) is 0 Å². The van der Waals surface area contributed by atoms with Crippen molar-refractivity contribution in [3.63, 3.8) is 0 Å². The number of halogens is 2. The van der Waals surface area contributed by atoms with E-state index in [1.54, 1.807) is 0 Å². The molecular weight excluding hydrogens is 458 g/mol. The molecule has 0 aromatic heterocycles. The Labute approximate surface area is 143 Å². The molecule has 0 saturated carbocycles. The highest BCUT2D eigenvalue weighted by molar-refractivity contribution is 14.2. The molecule has 0 N–H and O–H groups in total. The van der Waals surface area contributed by atoms with Crippen molar-refractivity contribution in [2.75, 3.05) is 0 Å². The number of rotatable bonds is 6. The summed E-state index contributed by atoms with van der Waals surface area (Å²) in [5.41, 5.74) is 2.89. The van der Waals surface area contributed by atoms with E-state index in [0.29, 0.717) is 1.43 Å². The number of benzene rings is 2. The molecule has 0 fully saturated rings. The van der Waals surface area contributed by atoms with Gasteiger partial charge in [-0.1, -0.05) is 106 Å². The molecule has 0 radical (unpaired) electrons. The van der Waals surface area contributed by atoms with Crippen molar-refractivity contribution >= 4 is 45.2 Å². The molecule has 2 aromatic carbocycles. The van der Waals surface area contributed by atoms with Crippen molar-refractivity contribution in [2.24, 2.45) is 0 Å². The molecule has 19 heavy (non-hydrogen) atoms. The van der Waals surface area contributed by atoms with E-state index in [9.17, 15) is 0 Å². The maximum atomic E-state index is 2.62. The highest BCUT2D eigenvalue weighted by Gasteiger charge is 2.21. The fraction of sp³-hybridized carbons (Fsp3) is 0.294. The molecule has 0 aliphatic carbocycles. The van der Waals surface area contributed by atoms with Gasteiger partial charge in [-0.15, -0.1) is 0 Å². The third kappa shape index (κ3) is 5.81. The van der Waals surface area contributed by atoms with Crippen LogP contribution in [0.5, 0.6) is 0 Å². The zero-order valence-corrected chi connectivity index (χ0v) is 15.2. The molecule has 0 aliphatic heterocycles. The predicted octanol–water partition coefficient (Wildman–Crippen LogP) is 5.82. The molecule has 0 aliphatic rings. The lowest BCUT2D eigenvalue weighted by Crippen LogP contribution is -2.13. The minimum atomic E-state index is 0.348. The smallest absolute Gasteiger partial charge is 0.0672 e. The normalized spacial score (nSPS) is 11.5. The zero-order chi connectivity index (χ0) is 13.6. The Morgan fingerprint density at radius 2 is 1.00 bits per heavy atom. The van der Waals surface area contributed by atoms with Gasteiger partial charge in [0.25, 0.3) is 0 Å². The summed E-state index contributed by atoms with van der Waals surface area (Å²) in [5, 5.41) is 0. The summed E-state index contributed by atoms with van der Waals surface area (Å²) in [5.74, 6) is 0. The average molecular weight is 476 g/mol. The standard InChI is InChI=1S/C17H18I2/c18-17(19,13-11-15-7-3-1-4-8-15)14-12-16-9-5-2-6-10-16/h1-10H,11-14H2. The molecule has 2 aromatic rings. The summed E-state index contributed by atoms with van der Waals surface area (Å²) >= 11 is 5.23. The van der Waals surface area contributed by atoms with Crippen LogP contribution in [0.3, 0.4) is 0 Å². The van der Waals surface area contributed by atoms with Crippen molar-refractivity contribution in [2.45, 2.75) is 27.1 Å². The summed E-state index contributed by atoms with van der Waals surface area (Å²) < 4.78 is 0.348. The summed E-state index contributed by atoms with van der Waals surface area (Å²) in [7, 11) is 0. The second-order valence-electron chi connectivity index (χ2n) is 4.83. The van der Waals surface area contributed by atoms with Crippen LogP contribution in [0.4, 0.5) is 0 Å². The molecule has 0 heterocycles. The molecular formula is C17H18I2. The Bertz CT molecular complexity index is 432. The first-order valence-electron chi connectivity index (χ1n) is 6.61. The van der Waals surface area contributed by atoms with E-state index in [4.69, 9.17) is 0 Å². The Morgan fingerprint density at radius 3 is 1.37 bits per heavy atom. The van der Waals surface area contributed by atoms with E-state index in [1.165, 1.54) is 36.8 Å². The number of hydrogen-bond acceptors (Lipinski definition) is 0. The predicted molar refractivity (Wildman–Crippen MR) is 100 cm³/mol. The largest absolute Gasteiger partial charge is 0.0741 e. The van der Waals surface area contributed by atoms with Crippen molar-refractivity contribution in [3.8, 4) is 0 Å². The molecule has 0 bridgehead atoms. The molecule has 0 unspecified atom stereocenters. The second-order valence-corrected chi connectivity index (χ2v) is 11.0. The van der Waals surface area contributed by atoms with E-state index in [-0.39, 0.29) is 0 Å². The van der Waals surface area contributed by atoms with Crippen LogP contribution in [0.2, 0.25) is 0 Å². The van der Waals surface area contributed by atoms with Crippen LogP contribution in [0.15, 0.2) is 60.7 Å². The average Bonchev–Trinajstić information content (AvgIpc) is 2.46. The third-order valence-electron chi connectivity index (χ3n) is 3.24. The summed E-state index contributed by atoms with van der Waals surface area (Å²) in [6.07, 6.45) is 4.79. The molecule has 0 nitrogen and oxygen atoms in total. The minimum absolute atomic E-state index is 0.348. The van der Waals surface area contributed by atoms with Gasteiger partial charge in [0.15, 0.2) is 0 Å². The lowest BCUT2D eigenvalue weighted by molar-refractivity contribution is 0.698. The molecule has 2 rings (SSSR count). The Kier molecular flexibility index (Phi) is 6.13. The van der Waals surface area contributed by atoms with Gasteiger partial charge >= 0.3 is 0 Å². The van der Waals surface area contributed by atoms with Crippen LogP contribution in [-0.4, -0.2) is 1.43 Å². The van der Waals surface area contributed by atoms with E-state index in [1.807, 2.05) is 0 Å². The summed E-state index contributed by atoms with van der Waals surface area (Å²) in [4.78, 5) is 0. The van der Waals surface area contributed by atoms with Gasteiger partial charge in [-0.2, -0.15) is 0 Å². The first kappa shape index (κ1) is 15.3. The van der Waals surface area contributed by atoms with Crippen molar-refractivity contribution in [1.82, 2.24) is 0 Å². The van der Waals surface area contributed by atoms with Crippen molar-refractivity contribution < 1.29 is 0 Å². The monoisotopic (exact) mass is 476 g/mol. The Morgan fingerprint density at radius 1 is 0.632 bits per heavy atom. The molecule has 0 amide bonds. The fourth-order valence-electron chi connectivity index (χ4n) is 2.07. The second kappa shape index (κ2) is 7.62. The maximum absolute atomic E-state index is 2.62.